The number of carbonyl (C=O) groups is 1. The number of carbonyl (C=O) groups excluding carboxylic acids is 1. The highest BCUT2D eigenvalue weighted by Crippen LogP contribution is 2.41. The van der Waals surface area contributed by atoms with Gasteiger partial charge in [0.05, 0.1) is 36.7 Å². The highest BCUT2D eigenvalue weighted by Gasteiger charge is 2.50. The number of aromatic nitrogens is 3. The van der Waals surface area contributed by atoms with E-state index in [9.17, 15) is 4.79 Å². The molecule has 1 amide bonds. The Labute approximate surface area is 182 Å². The molecule has 1 spiro atoms. The van der Waals surface area contributed by atoms with E-state index in [-0.39, 0.29) is 11.3 Å². The third-order valence-corrected chi connectivity index (χ3v) is 6.60. The van der Waals surface area contributed by atoms with Gasteiger partial charge in [-0.3, -0.25) is 19.8 Å². The van der Waals surface area contributed by atoms with Crippen molar-refractivity contribution in [3.63, 3.8) is 0 Å². The van der Waals surface area contributed by atoms with Crippen LogP contribution in [-0.4, -0.2) is 57.6 Å². The SMILES string of the molecule is COc1ccc(-c2[nH]ncc2CN2CCC3(CCN(Cc4ccccn4)C3=O)C2)cc1. The van der Waals surface area contributed by atoms with Crippen molar-refractivity contribution in [3.05, 3.63) is 66.1 Å². The van der Waals surface area contributed by atoms with Gasteiger partial charge in [0.25, 0.3) is 0 Å². The molecular weight excluding hydrogens is 390 g/mol. The van der Waals surface area contributed by atoms with Gasteiger partial charge in [-0.15, -0.1) is 0 Å². The summed E-state index contributed by atoms with van der Waals surface area (Å²) in [6, 6.07) is 13.9. The number of methoxy groups -OCH3 is 1. The van der Waals surface area contributed by atoms with Crippen LogP contribution in [0.25, 0.3) is 11.3 Å². The van der Waals surface area contributed by atoms with Crippen molar-refractivity contribution in [2.75, 3.05) is 26.7 Å². The van der Waals surface area contributed by atoms with Gasteiger partial charge < -0.3 is 9.64 Å². The Morgan fingerprint density at radius 1 is 1.10 bits per heavy atom. The van der Waals surface area contributed by atoms with E-state index in [1.807, 2.05) is 53.6 Å². The van der Waals surface area contributed by atoms with Crippen molar-refractivity contribution in [2.24, 2.45) is 5.41 Å². The number of pyridine rings is 1. The van der Waals surface area contributed by atoms with Gasteiger partial charge in [-0.1, -0.05) is 6.07 Å². The van der Waals surface area contributed by atoms with Crippen LogP contribution in [0.4, 0.5) is 0 Å². The summed E-state index contributed by atoms with van der Waals surface area (Å²) in [5.74, 6) is 1.12. The minimum atomic E-state index is -0.251. The first-order valence-electron chi connectivity index (χ1n) is 10.8. The average Bonchev–Trinajstić information content (AvgIpc) is 3.51. The fraction of sp³-hybridized carbons (Fsp3) is 0.375. The number of H-pyrrole nitrogens is 1. The monoisotopic (exact) mass is 417 g/mol. The third-order valence-electron chi connectivity index (χ3n) is 6.60. The summed E-state index contributed by atoms with van der Waals surface area (Å²) in [5, 5.41) is 7.42. The fourth-order valence-electron chi connectivity index (χ4n) is 4.88. The molecule has 5 rings (SSSR count). The van der Waals surface area contributed by atoms with E-state index in [0.29, 0.717) is 6.54 Å². The lowest BCUT2D eigenvalue weighted by Crippen LogP contribution is -2.36. The van der Waals surface area contributed by atoms with Crippen molar-refractivity contribution >= 4 is 5.91 Å². The zero-order valence-electron chi connectivity index (χ0n) is 17.8. The molecule has 1 aromatic carbocycles. The normalized spacial score (nSPS) is 21.3. The number of nitrogens with zero attached hydrogens (tertiary/aromatic N) is 4. The summed E-state index contributed by atoms with van der Waals surface area (Å²) in [4.78, 5) is 22.0. The number of likely N-dealkylation sites (tertiary alicyclic amines) is 2. The molecule has 2 aliphatic heterocycles. The molecule has 7 heteroatoms. The Bertz CT molecular complexity index is 1050. The van der Waals surface area contributed by atoms with Crippen LogP contribution in [0.3, 0.4) is 0 Å². The smallest absolute Gasteiger partial charge is 0.230 e. The van der Waals surface area contributed by atoms with E-state index in [1.54, 1.807) is 13.3 Å². The summed E-state index contributed by atoms with van der Waals surface area (Å²) in [6.45, 7) is 3.93. The van der Waals surface area contributed by atoms with E-state index in [2.05, 4.69) is 20.1 Å². The van der Waals surface area contributed by atoms with Gasteiger partial charge in [0.15, 0.2) is 0 Å². The number of aromatic amines is 1. The molecule has 0 aliphatic carbocycles. The van der Waals surface area contributed by atoms with Crippen molar-refractivity contribution in [1.82, 2.24) is 25.0 Å². The van der Waals surface area contributed by atoms with Gasteiger partial charge in [-0.2, -0.15) is 5.10 Å². The lowest BCUT2D eigenvalue weighted by Gasteiger charge is -2.23. The zero-order valence-corrected chi connectivity index (χ0v) is 17.8. The van der Waals surface area contributed by atoms with E-state index < -0.39 is 0 Å². The molecule has 2 fully saturated rings. The minimum absolute atomic E-state index is 0.251. The predicted octanol–water partition coefficient (Wildman–Crippen LogP) is 3.10. The van der Waals surface area contributed by atoms with Gasteiger partial charge in [0.2, 0.25) is 5.91 Å². The number of benzene rings is 1. The van der Waals surface area contributed by atoms with Crippen molar-refractivity contribution in [2.45, 2.75) is 25.9 Å². The van der Waals surface area contributed by atoms with Crippen LogP contribution in [0.5, 0.6) is 5.75 Å². The highest BCUT2D eigenvalue weighted by atomic mass is 16.5. The molecule has 2 aromatic heterocycles. The Hall–Kier alpha value is -3.19. The maximum Gasteiger partial charge on any atom is 0.230 e. The minimum Gasteiger partial charge on any atom is -0.497 e. The summed E-state index contributed by atoms with van der Waals surface area (Å²) < 4.78 is 5.26. The quantitative estimate of drug-likeness (QED) is 0.667. The molecule has 2 aliphatic rings. The van der Waals surface area contributed by atoms with Crippen LogP contribution >= 0.6 is 0 Å². The largest absolute Gasteiger partial charge is 0.497 e. The third kappa shape index (κ3) is 3.81. The number of rotatable bonds is 6. The van der Waals surface area contributed by atoms with Crippen molar-refractivity contribution in [1.29, 1.82) is 0 Å². The number of hydrogen-bond acceptors (Lipinski definition) is 5. The van der Waals surface area contributed by atoms with Crippen molar-refractivity contribution in [3.8, 4) is 17.0 Å². The molecule has 2 saturated heterocycles. The fourth-order valence-corrected chi connectivity index (χ4v) is 4.88. The van der Waals surface area contributed by atoms with E-state index in [1.165, 1.54) is 0 Å². The van der Waals surface area contributed by atoms with Gasteiger partial charge >= 0.3 is 0 Å². The zero-order chi connectivity index (χ0) is 21.3. The molecule has 0 radical (unpaired) electrons. The Morgan fingerprint density at radius 3 is 2.71 bits per heavy atom. The topological polar surface area (TPSA) is 74.3 Å². The molecule has 0 bridgehead atoms. The summed E-state index contributed by atoms with van der Waals surface area (Å²) in [5.41, 5.74) is 3.96. The van der Waals surface area contributed by atoms with Gasteiger partial charge in [-0.05, 0) is 55.8 Å². The van der Waals surface area contributed by atoms with Crippen LogP contribution in [-0.2, 0) is 17.9 Å². The van der Waals surface area contributed by atoms with Crippen molar-refractivity contribution < 1.29 is 9.53 Å². The van der Waals surface area contributed by atoms with E-state index >= 15 is 0 Å². The molecule has 1 atom stereocenters. The number of nitrogens with one attached hydrogen (secondary N) is 1. The summed E-state index contributed by atoms with van der Waals surface area (Å²) in [7, 11) is 1.67. The number of amides is 1. The molecule has 3 aromatic rings. The van der Waals surface area contributed by atoms with Gasteiger partial charge in [-0.25, -0.2) is 0 Å². The molecule has 0 saturated carbocycles. The molecular formula is C24H27N5O2. The first-order chi connectivity index (χ1) is 15.2. The Balaban J connectivity index is 1.26. The molecule has 31 heavy (non-hydrogen) atoms. The molecule has 1 N–H and O–H groups in total. The first kappa shape index (κ1) is 19.8. The second kappa shape index (κ2) is 8.15. The Kier molecular flexibility index (Phi) is 5.19. The maximum atomic E-state index is 13.3. The number of ether oxygens (including phenoxy) is 1. The average molecular weight is 418 g/mol. The van der Waals surface area contributed by atoms with Crippen LogP contribution in [0.1, 0.15) is 24.1 Å². The standard InChI is InChI=1S/C24H27N5O2/c1-31-21-7-5-18(6-8-21)22-19(14-26-27-22)15-28-12-9-24(17-28)10-13-29(23(24)30)16-20-4-2-3-11-25-20/h2-8,11,14H,9-10,12-13,15-17H2,1H3,(H,26,27). The van der Waals surface area contributed by atoms with Crippen LogP contribution in [0.2, 0.25) is 0 Å². The maximum absolute atomic E-state index is 13.3. The van der Waals surface area contributed by atoms with E-state index in [0.717, 1.165) is 67.3 Å². The van der Waals surface area contributed by atoms with Crippen LogP contribution < -0.4 is 4.74 Å². The predicted molar refractivity (Wildman–Crippen MR) is 117 cm³/mol. The van der Waals surface area contributed by atoms with E-state index in [4.69, 9.17) is 4.74 Å². The number of hydrogen-bond donors (Lipinski definition) is 1. The van der Waals surface area contributed by atoms with Crippen LogP contribution in [0, 0.1) is 5.41 Å². The van der Waals surface area contributed by atoms with Gasteiger partial charge in [0.1, 0.15) is 5.75 Å². The second-order valence-corrected chi connectivity index (χ2v) is 8.54. The molecule has 7 nitrogen and oxygen atoms in total. The first-order valence-corrected chi connectivity index (χ1v) is 10.8. The lowest BCUT2D eigenvalue weighted by molar-refractivity contribution is -0.136. The highest BCUT2D eigenvalue weighted by molar-refractivity contribution is 5.85. The van der Waals surface area contributed by atoms with Gasteiger partial charge in [0, 0.05) is 37.0 Å². The second-order valence-electron chi connectivity index (χ2n) is 8.54. The molecule has 1 unspecified atom stereocenters. The Morgan fingerprint density at radius 2 is 1.94 bits per heavy atom. The molecule has 4 heterocycles. The van der Waals surface area contributed by atoms with Crippen LogP contribution in [0.15, 0.2) is 54.9 Å². The molecule has 160 valence electrons. The lowest BCUT2D eigenvalue weighted by atomic mass is 9.85. The summed E-state index contributed by atoms with van der Waals surface area (Å²) >= 11 is 0. The summed E-state index contributed by atoms with van der Waals surface area (Å²) in [6.07, 6.45) is 5.52.